The van der Waals surface area contributed by atoms with Crippen molar-refractivity contribution in [2.24, 2.45) is 5.92 Å². The summed E-state index contributed by atoms with van der Waals surface area (Å²) in [6, 6.07) is 3.86. The number of benzene rings is 1. The van der Waals surface area contributed by atoms with Crippen LogP contribution in [0.3, 0.4) is 0 Å². The first-order valence-corrected chi connectivity index (χ1v) is 7.04. The lowest BCUT2D eigenvalue weighted by Gasteiger charge is -2.35. The number of fused-ring (bicyclic) bond motifs is 1. The molecule has 1 aromatic carbocycles. The van der Waals surface area contributed by atoms with Gasteiger partial charge in [0.2, 0.25) is 0 Å². The Morgan fingerprint density at radius 3 is 2.50 bits per heavy atom. The van der Waals surface area contributed by atoms with Crippen molar-refractivity contribution in [1.82, 2.24) is 5.32 Å². The molecule has 0 radical (unpaired) electrons. The maximum absolute atomic E-state index is 9.71. The molecule has 3 N–H and O–H groups in total. The van der Waals surface area contributed by atoms with Gasteiger partial charge in [-0.3, -0.25) is 0 Å². The second-order valence-electron chi connectivity index (χ2n) is 5.62. The van der Waals surface area contributed by atoms with E-state index >= 15 is 0 Å². The highest BCUT2D eigenvalue weighted by atomic mass is 16.3. The van der Waals surface area contributed by atoms with E-state index < -0.39 is 0 Å². The largest absolute Gasteiger partial charge is 0.504 e. The Morgan fingerprint density at radius 2 is 1.72 bits per heavy atom. The predicted octanol–water partition coefficient (Wildman–Crippen LogP) is 2.86. The molecular formula is C15H21NO2. The zero-order valence-corrected chi connectivity index (χ0v) is 10.7. The van der Waals surface area contributed by atoms with E-state index in [1.165, 1.54) is 43.2 Å². The molecule has 3 nitrogen and oxygen atoms in total. The highest BCUT2D eigenvalue weighted by Crippen LogP contribution is 2.40. The van der Waals surface area contributed by atoms with Crippen LogP contribution in [0.1, 0.15) is 49.3 Å². The van der Waals surface area contributed by atoms with Crippen LogP contribution in [-0.2, 0) is 6.42 Å². The van der Waals surface area contributed by atoms with Gasteiger partial charge in [0.25, 0.3) is 0 Å². The van der Waals surface area contributed by atoms with E-state index in [4.69, 9.17) is 0 Å². The highest BCUT2D eigenvalue weighted by Gasteiger charge is 2.29. The van der Waals surface area contributed by atoms with Gasteiger partial charge < -0.3 is 15.5 Å². The molecule has 0 aromatic heterocycles. The van der Waals surface area contributed by atoms with Crippen molar-refractivity contribution >= 4 is 0 Å². The standard InChI is InChI=1S/C15H21NO2/c17-13-8-11-6-7-16-15(12(11)9-14(13)18)10-4-2-1-3-5-10/h8-10,15-18H,1-7H2. The fourth-order valence-corrected chi connectivity index (χ4v) is 3.50. The summed E-state index contributed by atoms with van der Waals surface area (Å²) in [5.41, 5.74) is 2.39. The first kappa shape index (κ1) is 11.8. The molecule has 98 valence electrons. The van der Waals surface area contributed by atoms with Crippen molar-refractivity contribution in [3.05, 3.63) is 23.3 Å². The minimum absolute atomic E-state index is 0.0121. The van der Waals surface area contributed by atoms with Gasteiger partial charge in [0.1, 0.15) is 0 Å². The van der Waals surface area contributed by atoms with Gasteiger partial charge in [0.15, 0.2) is 11.5 Å². The van der Waals surface area contributed by atoms with Crippen LogP contribution in [-0.4, -0.2) is 16.8 Å². The lowest BCUT2D eigenvalue weighted by molar-refractivity contribution is 0.263. The van der Waals surface area contributed by atoms with E-state index in [2.05, 4.69) is 5.32 Å². The maximum Gasteiger partial charge on any atom is 0.157 e. The first-order valence-electron chi connectivity index (χ1n) is 7.04. The number of nitrogens with one attached hydrogen (secondary N) is 1. The molecule has 1 aliphatic heterocycles. The van der Waals surface area contributed by atoms with E-state index in [-0.39, 0.29) is 11.5 Å². The number of aromatic hydroxyl groups is 2. The first-order chi connectivity index (χ1) is 8.75. The van der Waals surface area contributed by atoms with Gasteiger partial charge in [-0.25, -0.2) is 0 Å². The fourth-order valence-electron chi connectivity index (χ4n) is 3.50. The van der Waals surface area contributed by atoms with E-state index in [0.717, 1.165) is 13.0 Å². The van der Waals surface area contributed by atoms with Crippen LogP contribution in [0, 0.1) is 5.92 Å². The Hall–Kier alpha value is -1.22. The van der Waals surface area contributed by atoms with E-state index in [1.54, 1.807) is 12.1 Å². The quantitative estimate of drug-likeness (QED) is 0.669. The highest BCUT2D eigenvalue weighted by molar-refractivity contribution is 5.48. The van der Waals surface area contributed by atoms with Crippen LogP contribution in [0.4, 0.5) is 0 Å². The van der Waals surface area contributed by atoms with E-state index in [0.29, 0.717) is 12.0 Å². The van der Waals surface area contributed by atoms with Crippen molar-refractivity contribution in [1.29, 1.82) is 0 Å². The van der Waals surface area contributed by atoms with Crippen molar-refractivity contribution in [2.75, 3.05) is 6.54 Å². The molecule has 2 aliphatic rings. The van der Waals surface area contributed by atoms with Crippen LogP contribution in [0.15, 0.2) is 12.1 Å². The van der Waals surface area contributed by atoms with Crippen LogP contribution in [0.25, 0.3) is 0 Å². The van der Waals surface area contributed by atoms with Gasteiger partial charge in [-0.15, -0.1) is 0 Å². The van der Waals surface area contributed by atoms with Crippen molar-refractivity contribution in [3.8, 4) is 11.5 Å². The summed E-state index contributed by atoms with van der Waals surface area (Å²) in [5.74, 6) is 0.707. The minimum Gasteiger partial charge on any atom is -0.504 e. The SMILES string of the molecule is Oc1cc2c(cc1O)C(C1CCCCC1)NCC2. The Morgan fingerprint density at radius 1 is 1.00 bits per heavy atom. The average molecular weight is 247 g/mol. The van der Waals surface area contributed by atoms with Crippen LogP contribution < -0.4 is 5.32 Å². The number of phenols is 2. The van der Waals surface area contributed by atoms with Gasteiger partial charge in [-0.05, 0) is 55.0 Å². The molecule has 0 bridgehead atoms. The number of phenolic OH excluding ortho intramolecular Hbond substituents is 2. The summed E-state index contributed by atoms with van der Waals surface area (Å²) in [6.45, 7) is 0.971. The van der Waals surface area contributed by atoms with Crippen molar-refractivity contribution < 1.29 is 10.2 Å². The zero-order valence-electron chi connectivity index (χ0n) is 10.7. The summed E-state index contributed by atoms with van der Waals surface area (Å²) in [4.78, 5) is 0. The second kappa shape index (κ2) is 4.81. The van der Waals surface area contributed by atoms with Crippen molar-refractivity contribution in [2.45, 2.75) is 44.6 Å². The Labute approximate surface area is 108 Å². The summed E-state index contributed by atoms with van der Waals surface area (Å²) in [5, 5.41) is 22.9. The summed E-state index contributed by atoms with van der Waals surface area (Å²) in [7, 11) is 0. The van der Waals surface area contributed by atoms with Crippen molar-refractivity contribution in [3.63, 3.8) is 0 Å². The minimum atomic E-state index is 0.0121. The molecule has 18 heavy (non-hydrogen) atoms. The lowest BCUT2D eigenvalue weighted by Crippen LogP contribution is -2.35. The van der Waals surface area contributed by atoms with Gasteiger partial charge >= 0.3 is 0 Å². The maximum atomic E-state index is 9.71. The number of rotatable bonds is 1. The monoisotopic (exact) mass is 247 g/mol. The molecule has 3 heteroatoms. The van der Waals surface area contributed by atoms with Gasteiger partial charge in [-0.2, -0.15) is 0 Å². The third kappa shape index (κ3) is 2.07. The molecule has 1 unspecified atom stereocenters. The third-order valence-corrected chi connectivity index (χ3v) is 4.45. The molecule has 1 aromatic rings. The van der Waals surface area contributed by atoms with Gasteiger partial charge in [-0.1, -0.05) is 19.3 Å². The Kier molecular flexibility index (Phi) is 3.16. The van der Waals surface area contributed by atoms with Crippen LogP contribution >= 0.6 is 0 Å². The average Bonchev–Trinajstić information content (AvgIpc) is 2.40. The van der Waals surface area contributed by atoms with Crippen LogP contribution in [0.2, 0.25) is 0 Å². The van der Waals surface area contributed by atoms with Crippen LogP contribution in [0.5, 0.6) is 11.5 Å². The Bertz CT molecular complexity index is 438. The summed E-state index contributed by atoms with van der Waals surface area (Å²) in [6.07, 6.45) is 7.49. The number of hydrogen-bond acceptors (Lipinski definition) is 3. The number of hydrogen-bond donors (Lipinski definition) is 3. The Balaban J connectivity index is 1.92. The molecule has 1 fully saturated rings. The topological polar surface area (TPSA) is 52.5 Å². The van der Waals surface area contributed by atoms with E-state index in [9.17, 15) is 10.2 Å². The molecule has 1 saturated carbocycles. The predicted molar refractivity (Wildman–Crippen MR) is 70.8 cm³/mol. The molecule has 0 spiro atoms. The van der Waals surface area contributed by atoms with Gasteiger partial charge in [0.05, 0.1) is 0 Å². The molecule has 3 rings (SSSR count). The second-order valence-corrected chi connectivity index (χ2v) is 5.62. The molecule has 0 saturated heterocycles. The van der Waals surface area contributed by atoms with Gasteiger partial charge in [0, 0.05) is 6.04 Å². The normalized spacial score (nSPS) is 24.8. The lowest BCUT2D eigenvalue weighted by atomic mass is 9.78. The molecule has 1 aliphatic carbocycles. The van der Waals surface area contributed by atoms with E-state index in [1.807, 2.05) is 0 Å². The molecule has 1 heterocycles. The molecule has 1 atom stereocenters. The molecular weight excluding hydrogens is 226 g/mol. The fraction of sp³-hybridized carbons (Fsp3) is 0.600. The smallest absolute Gasteiger partial charge is 0.157 e. The third-order valence-electron chi connectivity index (χ3n) is 4.45. The summed E-state index contributed by atoms with van der Waals surface area (Å²) < 4.78 is 0. The molecule has 0 amide bonds. The summed E-state index contributed by atoms with van der Waals surface area (Å²) >= 11 is 0. The zero-order chi connectivity index (χ0) is 12.5.